The average molecular weight is 331 g/mol. The lowest BCUT2D eigenvalue weighted by Crippen LogP contribution is -2.62. The molecule has 0 radical (unpaired) electrons. The molecule has 2 heterocycles. The van der Waals surface area contributed by atoms with Crippen molar-refractivity contribution in [2.75, 3.05) is 13.1 Å². The van der Waals surface area contributed by atoms with Crippen LogP contribution in [0.25, 0.3) is 0 Å². The van der Waals surface area contributed by atoms with Crippen LogP contribution in [0.3, 0.4) is 0 Å². The van der Waals surface area contributed by atoms with Crippen LogP contribution in [-0.4, -0.2) is 29.6 Å². The average Bonchev–Trinajstić information content (AvgIpc) is 2.78. The van der Waals surface area contributed by atoms with E-state index in [9.17, 15) is 0 Å². The highest BCUT2D eigenvalue weighted by Gasteiger charge is 2.35. The summed E-state index contributed by atoms with van der Waals surface area (Å²) in [4.78, 5) is 4.12. The van der Waals surface area contributed by atoms with Crippen LogP contribution in [0.4, 0.5) is 0 Å². The van der Waals surface area contributed by atoms with Crippen LogP contribution in [0.15, 0.2) is 15.9 Å². The van der Waals surface area contributed by atoms with Gasteiger partial charge in [-0.2, -0.15) is 0 Å². The van der Waals surface area contributed by atoms with E-state index in [1.807, 2.05) is 11.3 Å². The molecule has 1 aliphatic rings. The summed E-state index contributed by atoms with van der Waals surface area (Å²) in [5, 5.41) is 3.68. The molecule has 1 aromatic rings. The number of thiophene rings is 1. The second-order valence-electron chi connectivity index (χ2n) is 5.42. The number of nitrogens with one attached hydrogen (secondary N) is 1. The summed E-state index contributed by atoms with van der Waals surface area (Å²) in [7, 11) is 0. The summed E-state index contributed by atoms with van der Waals surface area (Å²) in [6.45, 7) is 10.3. The van der Waals surface area contributed by atoms with Gasteiger partial charge in [-0.3, -0.25) is 4.90 Å². The monoisotopic (exact) mass is 330 g/mol. The SMILES string of the molecule is CCC1CN(Cc2ccc(Br)s2)C(C)(CC)CN1. The van der Waals surface area contributed by atoms with Gasteiger partial charge in [0, 0.05) is 36.1 Å². The Balaban J connectivity index is 2.10. The van der Waals surface area contributed by atoms with Crippen LogP contribution in [-0.2, 0) is 6.54 Å². The molecular weight excluding hydrogens is 308 g/mol. The van der Waals surface area contributed by atoms with Gasteiger partial charge in [0.1, 0.15) is 0 Å². The van der Waals surface area contributed by atoms with Gasteiger partial charge in [-0.15, -0.1) is 11.3 Å². The Hall–Kier alpha value is 0.1000. The molecule has 4 heteroatoms. The van der Waals surface area contributed by atoms with E-state index in [0.29, 0.717) is 11.6 Å². The van der Waals surface area contributed by atoms with Crippen molar-refractivity contribution >= 4 is 27.3 Å². The minimum atomic E-state index is 0.294. The van der Waals surface area contributed by atoms with Gasteiger partial charge < -0.3 is 5.32 Å². The van der Waals surface area contributed by atoms with Gasteiger partial charge in [-0.25, -0.2) is 0 Å². The van der Waals surface area contributed by atoms with Gasteiger partial charge in [-0.1, -0.05) is 13.8 Å². The molecule has 1 aliphatic heterocycles. The zero-order valence-corrected chi connectivity index (χ0v) is 13.9. The Kier molecular flexibility index (Phi) is 4.86. The van der Waals surface area contributed by atoms with E-state index in [2.05, 4.69) is 59.1 Å². The van der Waals surface area contributed by atoms with Crippen molar-refractivity contribution in [2.45, 2.75) is 51.7 Å². The van der Waals surface area contributed by atoms with Gasteiger partial charge >= 0.3 is 0 Å². The van der Waals surface area contributed by atoms with E-state index in [1.54, 1.807) is 0 Å². The molecule has 1 aromatic heterocycles. The van der Waals surface area contributed by atoms with Crippen molar-refractivity contribution < 1.29 is 0 Å². The Bertz CT molecular complexity index is 393. The van der Waals surface area contributed by atoms with Crippen molar-refractivity contribution in [3.63, 3.8) is 0 Å². The normalized spacial score (nSPS) is 29.7. The summed E-state index contributed by atoms with van der Waals surface area (Å²) >= 11 is 5.41. The Morgan fingerprint density at radius 1 is 1.50 bits per heavy atom. The molecule has 0 amide bonds. The third-order valence-electron chi connectivity index (χ3n) is 4.21. The molecule has 2 rings (SSSR count). The summed E-state index contributed by atoms with van der Waals surface area (Å²) in [6.07, 6.45) is 2.41. The highest BCUT2D eigenvalue weighted by molar-refractivity contribution is 9.11. The van der Waals surface area contributed by atoms with Crippen LogP contribution < -0.4 is 5.32 Å². The van der Waals surface area contributed by atoms with Crippen LogP contribution in [0, 0.1) is 0 Å². The highest BCUT2D eigenvalue weighted by Crippen LogP contribution is 2.29. The predicted molar refractivity (Wildman–Crippen MR) is 83.2 cm³/mol. The molecule has 18 heavy (non-hydrogen) atoms. The van der Waals surface area contributed by atoms with E-state index < -0.39 is 0 Å². The van der Waals surface area contributed by atoms with E-state index in [0.717, 1.165) is 19.6 Å². The quantitative estimate of drug-likeness (QED) is 0.901. The van der Waals surface area contributed by atoms with E-state index in [4.69, 9.17) is 0 Å². The Morgan fingerprint density at radius 2 is 2.28 bits per heavy atom. The minimum absolute atomic E-state index is 0.294. The van der Waals surface area contributed by atoms with Gasteiger partial charge in [0.2, 0.25) is 0 Å². The minimum Gasteiger partial charge on any atom is -0.311 e. The zero-order chi connectivity index (χ0) is 13.2. The first-order valence-corrected chi connectivity index (χ1v) is 8.41. The van der Waals surface area contributed by atoms with Crippen molar-refractivity contribution in [2.24, 2.45) is 0 Å². The number of halogens is 1. The number of hydrogen-bond acceptors (Lipinski definition) is 3. The summed E-state index contributed by atoms with van der Waals surface area (Å²) in [5.41, 5.74) is 0.294. The summed E-state index contributed by atoms with van der Waals surface area (Å²) in [5.74, 6) is 0. The molecule has 0 aromatic carbocycles. The standard InChI is InChI=1S/C14H23BrN2S/c1-4-11-8-17(14(3,5-2)10-16-11)9-12-6-7-13(15)18-12/h6-7,11,16H,4-5,8-10H2,1-3H3. The first-order valence-electron chi connectivity index (χ1n) is 6.80. The fourth-order valence-corrected chi connectivity index (χ4v) is 4.03. The maximum atomic E-state index is 3.68. The molecule has 1 N–H and O–H groups in total. The number of piperazine rings is 1. The molecular formula is C14H23BrN2S. The molecule has 0 saturated carbocycles. The van der Waals surface area contributed by atoms with Crippen molar-refractivity contribution in [3.8, 4) is 0 Å². The van der Waals surface area contributed by atoms with Gasteiger partial charge in [0.05, 0.1) is 3.79 Å². The second-order valence-corrected chi connectivity index (χ2v) is 7.97. The van der Waals surface area contributed by atoms with Crippen LogP contribution in [0.1, 0.15) is 38.5 Å². The van der Waals surface area contributed by atoms with Gasteiger partial charge in [0.25, 0.3) is 0 Å². The number of nitrogens with zero attached hydrogens (tertiary/aromatic N) is 1. The van der Waals surface area contributed by atoms with E-state index in [1.165, 1.54) is 21.5 Å². The molecule has 0 aliphatic carbocycles. The molecule has 2 unspecified atom stereocenters. The van der Waals surface area contributed by atoms with Crippen LogP contribution in [0.2, 0.25) is 0 Å². The zero-order valence-electron chi connectivity index (χ0n) is 11.5. The highest BCUT2D eigenvalue weighted by atomic mass is 79.9. The smallest absolute Gasteiger partial charge is 0.0701 e. The first kappa shape index (κ1) is 14.5. The third-order valence-corrected chi connectivity index (χ3v) is 5.81. The van der Waals surface area contributed by atoms with Crippen molar-refractivity contribution in [3.05, 3.63) is 20.8 Å². The fourth-order valence-electron chi connectivity index (χ4n) is 2.53. The molecule has 2 atom stereocenters. The third kappa shape index (κ3) is 3.16. The molecule has 0 spiro atoms. The maximum absolute atomic E-state index is 3.68. The molecule has 0 bridgehead atoms. The van der Waals surface area contributed by atoms with Crippen LogP contribution in [0.5, 0.6) is 0 Å². The summed E-state index contributed by atoms with van der Waals surface area (Å²) < 4.78 is 1.23. The second kappa shape index (κ2) is 6.04. The predicted octanol–water partition coefficient (Wildman–Crippen LogP) is 3.86. The lowest BCUT2D eigenvalue weighted by molar-refractivity contribution is 0.0417. The topological polar surface area (TPSA) is 15.3 Å². The van der Waals surface area contributed by atoms with E-state index in [-0.39, 0.29) is 0 Å². The Labute approximate surface area is 123 Å². The van der Waals surface area contributed by atoms with Gasteiger partial charge in [-0.05, 0) is 47.8 Å². The first-order chi connectivity index (χ1) is 8.57. The van der Waals surface area contributed by atoms with E-state index >= 15 is 0 Å². The molecule has 102 valence electrons. The van der Waals surface area contributed by atoms with Crippen LogP contribution >= 0.6 is 27.3 Å². The number of rotatable bonds is 4. The largest absolute Gasteiger partial charge is 0.311 e. The molecule has 1 fully saturated rings. The lowest BCUT2D eigenvalue weighted by Gasteiger charge is -2.47. The maximum Gasteiger partial charge on any atom is 0.0701 e. The summed E-state index contributed by atoms with van der Waals surface area (Å²) in [6, 6.07) is 5.05. The van der Waals surface area contributed by atoms with Crippen molar-refractivity contribution in [1.29, 1.82) is 0 Å². The van der Waals surface area contributed by atoms with Crippen molar-refractivity contribution in [1.82, 2.24) is 10.2 Å². The molecule has 2 nitrogen and oxygen atoms in total. The van der Waals surface area contributed by atoms with Gasteiger partial charge in [0.15, 0.2) is 0 Å². The number of hydrogen-bond donors (Lipinski definition) is 1. The Morgan fingerprint density at radius 3 is 2.83 bits per heavy atom. The fraction of sp³-hybridized carbons (Fsp3) is 0.714. The molecule has 1 saturated heterocycles. The lowest BCUT2D eigenvalue weighted by atomic mass is 9.91.